The molecular formula is C5H4Cl2Ru+2. The molecule has 0 bridgehead atoms. The van der Waals surface area contributed by atoms with Crippen LogP contribution >= 0.6 is 23.2 Å². The third kappa shape index (κ3) is 2.30. The first kappa shape index (κ1) is 8.68. The Morgan fingerprint density at radius 1 is 1.00 bits per heavy atom. The molecule has 0 atom stereocenters. The van der Waals surface area contributed by atoms with Crippen molar-refractivity contribution in [3.8, 4) is 0 Å². The van der Waals surface area contributed by atoms with Crippen molar-refractivity contribution in [2.45, 2.75) is 4.33 Å². The van der Waals surface area contributed by atoms with Gasteiger partial charge < -0.3 is 0 Å². The van der Waals surface area contributed by atoms with E-state index in [0.717, 1.165) is 0 Å². The molecule has 0 aromatic rings. The molecule has 1 rings (SSSR count). The molecule has 0 radical (unpaired) electrons. The molecule has 1 aliphatic rings. The van der Waals surface area contributed by atoms with Crippen LogP contribution in [-0.4, -0.2) is 4.33 Å². The topological polar surface area (TPSA) is 0 Å². The van der Waals surface area contributed by atoms with Gasteiger partial charge in [0.1, 0.15) is 0 Å². The van der Waals surface area contributed by atoms with E-state index in [4.69, 9.17) is 23.2 Å². The van der Waals surface area contributed by atoms with Crippen LogP contribution in [0.4, 0.5) is 0 Å². The Bertz CT molecular complexity index is 112. The van der Waals surface area contributed by atoms with E-state index in [1.54, 1.807) is 12.2 Å². The van der Waals surface area contributed by atoms with Gasteiger partial charge in [-0.05, 0) is 12.2 Å². The van der Waals surface area contributed by atoms with Gasteiger partial charge in [0.05, 0.1) is 0 Å². The van der Waals surface area contributed by atoms with Crippen LogP contribution in [-0.2, 0) is 19.5 Å². The van der Waals surface area contributed by atoms with E-state index in [1.165, 1.54) is 0 Å². The monoisotopic (exact) mass is 236 g/mol. The quantitative estimate of drug-likeness (QED) is 0.447. The predicted octanol–water partition coefficient (Wildman–Crippen LogP) is 2.28. The average molecular weight is 236 g/mol. The van der Waals surface area contributed by atoms with E-state index in [1.807, 2.05) is 12.2 Å². The van der Waals surface area contributed by atoms with E-state index in [2.05, 4.69) is 0 Å². The van der Waals surface area contributed by atoms with Crippen molar-refractivity contribution in [3.05, 3.63) is 24.3 Å². The largest absolute Gasteiger partial charge is 2.00 e. The van der Waals surface area contributed by atoms with E-state index in [-0.39, 0.29) is 19.5 Å². The van der Waals surface area contributed by atoms with Crippen molar-refractivity contribution >= 4 is 23.2 Å². The Hall–Kier alpha value is 0.683. The third-order valence-electron chi connectivity index (χ3n) is 0.748. The molecule has 0 unspecified atom stereocenters. The van der Waals surface area contributed by atoms with Crippen LogP contribution in [0.5, 0.6) is 0 Å². The van der Waals surface area contributed by atoms with Crippen LogP contribution in [0.2, 0.25) is 0 Å². The van der Waals surface area contributed by atoms with Crippen molar-refractivity contribution in [2.24, 2.45) is 0 Å². The summed E-state index contributed by atoms with van der Waals surface area (Å²) in [6, 6.07) is 0. The van der Waals surface area contributed by atoms with Crippen molar-refractivity contribution in [2.75, 3.05) is 0 Å². The van der Waals surface area contributed by atoms with Gasteiger partial charge in [-0.15, -0.1) is 0 Å². The summed E-state index contributed by atoms with van der Waals surface area (Å²) in [5.74, 6) is 0. The number of rotatable bonds is 0. The van der Waals surface area contributed by atoms with Gasteiger partial charge in [0.15, 0.2) is 4.33 Å². The molecule has 0 aliphatic heterocycles. The standard InChI is InChI=1S/C5H4Cl2.Ru/c6-5(7)3-1-2-4-5;/h1-4H;/q;+2. The van der Waals surface area contributed by atoms with Crippen molar-refractivity contribution in [1.82, 2.24) is 0 Å². The molecule has 0 fully saturated rings. The Labute approximate surface area is 71.3 Å². The molecule has 0 aromatic heterocycles. The van der Waals surface area contributed by atoms with Crippen LogP contribution in [0.15, 0.2) is 24.3 Å². The van der Waals surface area contributed by atoms with Crippen LogP contribution in [0.25, 0.3) is 0 Å². The molecule has 44 valence electrons. The first-order chi connectivity index (χ1) is 3.21. The fourth-order valence-corrected chi connectivity index (χ4v) is 0.714. The predicted molar refractivity (Wildman–Crippen MR) is 32.7 cm³/mol. The molecule has 0 aromatic carbocycles. The average Bonchev–Trinajstić information content (AvgIpc) is 1.84. The molecule has 3 heteroatoms. The summed E-state index contributed by atoms with van der Waals surface area (Å²) in [6.07, 6.45) is 7.08. The SMILES string of the molecule is ClC1(Cl)C=CC=C1.[Ru+2]. The molecule has 0 amide bonds. The summed E-state index contributed by atoms with van der Waals surface area (Å²) >= 11 is 11.1. The second-order valence-corrected chi connectivity index (χ2v) is 2.84. The van der Waals surface area contributed by atoms with Crippen LogP contribution < -0.4 is 0 Å². The van der Waals surface area contributed by atoms with Crippen LogP contribution in [0.3, 0.4) is 0 Å². The van der Waals surface area contributed by atoms with Crippen molar-refractivity contribution < 1.29 is 19.5 Å². The molecule has 0 heterocycles. The zero-order chi connectivity index (χ0) is 5.33. The van der Waals surface area contributed by atoms with Gasteiger partial charge in [0.2, 0.25) is 0 Å². The number of halogens is 2. The second-order valence-electron chi connectivity index (χ2n) is 1.39. The van der Waals surface area contributed by atoms with Crippen LogP contribution in [0, 0.1) is 0 Å². The summed E-state index contributed by atoms with van der Waals surface area (Å²) in [5.41, 5.74) is 0. The molecule has 0 saturated carbocycles. The van der Waals surface area contributed by atoms with Gasteiger partial charge in [-0.2, -0.15) is 0 Å². The fraction of sp³-hybridized carbons (Fsp3) is 0.200. The Morgan fingerprint density at radius 2 is 1.38 bits per heavy atom. The van der Waals surface area contributed by atoms with Crippen LogP contribution in [0.1, 0.15) is 0 Å². The zero-order valence-electron chi connectivity index (χ0n) is 3.92. The van der Waals surface area contributed by atoms with Gasteiger partial charge in [-0.25, -0.2) is 0 Å². The van der Waals surface area contributed by atoms with Gasteiger partial charge in [-0.1, -0.05) is 35.4 Å². The summed E-state index contributed by atoms with van der Waals surface area (Å²) in [7, 11) is 0. The van der Waals surface area contributed by atoms with Gasteiger partial charge in [-0.3, -0.25) is 0 Å². The number of allylic oxidation sites excluding steroid dienone is 4. The minimum atomic E-state index is -0.722. The van der Waals surface area contributed by atoms with Gasteiger partial charge in [0.25, 0.3) is 0 Å². The first-order valence-corrected chi connectivity index (χ1v) is 2.71. The summed E-state index contributed by atoms with van der Waals surface area (Å²) in [6.45, 7) is 0. The Kier molecular flexibility index (Phi) is 3.26. The minimum absolute atomic E-state index is 0. The second kappa shape index (κ2) is 3.01. The van der Waals surface area contributed by atoms with E-state index in [0.29, 0.717) is 0 Å². The molecule has 1 aliphatic carbocycles. The molecule has 0 saturated heterocycles. The molecular weight excluding hydrogens is 232 g/mol. The summed E-state index contributed by atoms with van der Waals surface area (Å²) in [5, 5.41) is 0. The number of hydrogen-bond acceptors (Lipinski definition) is 0. The third-order valence-corrected chi connectivity index (χ3v) is 1.25. The molecule has 8 heavy (non-hydrogen) atoms. The fourth-order valence-electron chi connectivity index (χ4n) is 0.423. The summed E-state index contributed by atoms with van der Waals surface area (Å²) in [4.78, 5) is 0. The van der Waals surface area contributed by atoms with Crippen molar-refractivity contribution in [1.29, 1.82) is 0 Å². The maximum absolute atomic E-state index is 5.56. The smallest absolute Gasteiger partial charge is 0.0923 e. The first-order valence-electron chi connectivity index (χ1n) is 1.96. The Balaban J connectivity index is 0.000000490. The van der Waals surface area contributed by atoms with Gasteiger partial charge >= 0.3 is 19.5 Å². The van der Waals surface area contributed by atoms with E-state index >= 15 is 0 Å². The molecule has 0 spiro atoms. The molecule has 0 nitrogen and oxygen atoms in total. The van der Waals surface area contributed by atoms with E-state index in [9.17, 15) is 0 Å². The zero-order valence-corrected chi connectivity index (χ0v) is 7.17. The number of hydrogen-bond donors (Lipinski definition) is 0. The van der Waals surface area contributed by atoms with Crippen molar-refractivity contribution in [3.63, 3.8) is 0 Å². The Morgan fingerprint density at radius 3 is 1.50 bits per heavy atom. The maximum atomic E-state index is 5.56. The molecule has 0 N–H and O–H groups in total. The number of alkyl halides is 2. The maximum Gasteiger partial charge on any atom is 2.00 e. The normalized spacial score (nSPS) is 20.8. The minimum Gasteiger partial charge on any atom is -0.0923 e. The van der Waals surface area contributed by atoms with Gasteiger partial charge in [0, 0.05) is 0 Å². The summed E-state index contributed by atoms with van der Waals surface area (Å²) < 4.78 is -0.722. The van der Waals surface area contributed by atoms with E-state index < -0.39 is 4.33 Å².